The summed E-state index contributed by atoms with van der Waals surface area (Å²) >= 11 is 0. The van der Waals surface area contributed by atoms with Gasteiger partial charge in [-0.1, -0.05) is 0 Å². The van der Waals surface area contributed by atoms with Gasteiger partial charge in [-0.25, -0.2) is 9.50 Å². The third-order valence-corrected chi connectivity index (χ3v) is 4.88. The van der Waals surface area contributed by atoms with Crippen LogP contribution in [0.25, 0.3) is 5.65 Å². The summed E-state index contributed by atoms with van der Waals surface area (Å²) in [5.41, 5.74) is 0.380. The molecule has 0 unspecified atom stereocenters. The maximum atomic E-state index is 13.4. The third-order valence-electron chi connectivity index (χ3n) is 4.88. The van der Waals surface area contributed by atoms with Crippen molar-refractivity contribution >= 4 is 11.6 Å². The molecule has 3 aromatic heterocycles. The molecule has 146 valence electrons. The summed E-state index contributed by atoms with van der Waals surface area (Å²) < 4.78 is 41.1. The van der Waals surface area contributed by atoms with Crippen molar-refractivity contribution in [1.29, 1.82) is 0 Å². The maximum Gasteiger partial charge on any atom is 0.433 e. The number of fused-ring (bicyclic) bond motifs is 1. The van der Waals surface area contributed by atoms with Gasteiger partial charge in [0, 0.05) is 30.7 Å². The van der Waals surface area contributed by atoms with Crippen LogP contribution in [0, 0.1) is 6.92 Å². The zero-order chi connectivity index (χ0) is 19.9. The standard InChI is InChI=1S/C19H18F3N5O/c1-12-9-16(19(20,21)22)27-17(24-12)10-14(25-27)15-6-2-3-8-26(15)18(28)13-5-4-7-23-11-13/h4-5,7,9-11,15H,2-3,6,8H2,1H3/t15-/m0/s1. The molecule has 0 aromatic carbocycles. The van der Waals surface area contributed by atoms with Crippen LogP contribution in [0.1, 0.15) is 52.7 Å². The van der Waals surface area contributed by atoms with Gasteiger partial charge in [0.05, 0.1) is 17.3 Å². The second-order valence-electron chi connectivity index (χ2n) is 6.87. The van der Waals surface area contributed by atoms with E-state index in [2.05, 4.69) is 15.1 Å². The normalized spacial score (nSPS) is 17.9. The van der Waals surface area contributed by atoms with E-state index in [9.17, 15) is 18.0 Å². The Kier molecular flexibility index (Phi) is 4.52. The number of alkyl halides is 3. The molecule has 0 spiro atoms. The lowest BCUT2D eigenvalue weighted by Gasteiger charge is -2.34. The number of hydrogen-bond acceptors (Lipinski definition) is 4. The molecule has 0 N–H and O–H groups in total. The first-order valence-electron chi connectivity index (χ1n) is 9.00. The average molecular weight is 389 g/mol. The number of carbonyl (C=O) groups excluding carboxylic acids is 1. The first kappa shape index (κ1) is 18.4. The largest absolute Gasteiger partial charge is 0.433 e. The first-order valence-corrected chi connectivity index (χ1v) is 9.00. The molecule has 0 saturated carbocycles. The summed E-state index contributed by atoms with van der Waals surface area (Å²) in [4.78, 5) is 22.8. The highest BCUT2D eigenvalue weighted by molar-refractivity contribution is 5.94. The van der Waals surface area contributed by atoms with Crippen LogP contribution in [-0.2, 0) is 6.18 Å². The van der Waals surface area contributed by atoms with Gasteiger partial charge in [-0.15, -0.1) is 0 Å². The van der Waals surface area contributed by atoms with Gasteiger partial charge in [-0.3, -0.25) is 9.78 Å². The van der Waals surface area contributed by atoms with Crippen LogP contribution < -0.4 is 0 Å². The molecule has 1 fully saturated rings. The summed E-state index contributed by atoms with van der Waals surface area (Å²) in [5.74, 6) is -0.199. The molecule has 4 rings (SSSR count). The van der Waals surface area contributed by atoms with Crippen LogP contribution in [-0.4, -0.2) is 36.9 Å². The van der Waals surface area contributed by atoms with E-state index in [1.165, 1.54) is 13.1 Å². The van der Waals surface area contributed by atoms with E-state index in [0.717, 1.165) is 23.4 Å². The van der Waals surface area contributed by atoms with Crippen molar-refractivity contribution in [3.8, 4) is 0 Å². The van der Waals surface area contributed by atoms with E-state index < -0.39 is 17.9 Å². The minimum atomic E-state index is -4.55. The summed E-state index contributed by atoms with van der Waals surface area (Å²) in [6, 6.07) is 5.48. The highest BCUT2D eigenvalue weighted by Crippen LogP contribution is 2.34. The summed E-state index contributed by atoms with van der Waals surface area (Å²) in [6.45, 7) is 2.03. The number of aromatic nitrogens is 4. The molecule has 9 heteroatoms. The van der Waals surface area contributed by atoms with E-state index in [1.807, 2.05) is 0 Å². The Morgan fingerprint density at radius 1 is 1.25 bits per heavy atom. The summed E-state index contributed by atoms with van der Waals surface area (Å²) in [5, 5.41) is 4.19. The predicted octanol–water partition coefficient (Wildman–Crippen LogP) is 3.82. The second kappa shape index (κ2) is 6.88. The zero-order valence-corrected chi connectivity index (χ0v) is 15.1. The van der Waals surface area contributed by atoms with E-state index in [4.69, 9.17) is 0 Å². The maximum absolute atomic E-state index is 13.4. The Hall–Kier alpha value is -2.97. The van der Waals surface area contributed by atoms with Gasteiger partial charge in [0.25, 0.3) is 5.91 Å². The van der Waals surface area contributed by atoms with Crippen molar-refractivity contribution in [2.45, 2.75) is 38.4 Å². The van der Waals surface area contributed by atoms with E-state index in [0.29, 0.717) is 24.2 Å². The molecular formula is C19H18F3N5O. The predicted molar refractivity (Wildman–Crippen MR) is 94.6 cm³/mol. The van der Waals surface area contributed by atoms with Gasteiger partial charge >= 0.3 is 6.18 Å². The van der Waals surface area contributed by atoms with Crippen molar-refractivity contribution in [3.05, 3.63) is 59.3 Å². The van der Waals surface area contributed by atoms with Crippen LogP contribution in [0.4, 0.5) is 13.2 Å². The number of rotatable bonds is 2. The molecule has 1 aliphatic heterocycles. The monoisotopic (exact) mass is 389 g/mol. The van der Waals surface area contributed by atoms with Gasteiger partial charge in [0.1, 0.15) is 5.69 Å². The molecule has 28 heavy (non-hydrogen) atoms. The smallest absolute Gasteiger partial charge is 0.330 e. The number of amides is 1. The number of pyridine rings is 1. The van der Waals surface area contributed by atoms with E-state index >= 15 is 0 Å². The van der Waals surface area contributed by atoms with Crippen LogP contribution in [0.2, 0.25) is 0 Å². The number of likely N-dealkylation sites (tertiary alicyclic amines) is 1. The van der Waals surface area contributed by atoms with Gasteiger partial charge in [-0.05, 0) is 44.4 Å². The molecular weight excluding hydrogens is 371 g/mol. The minimum absolute atomic E-state index is 0.127. The van der Waals surface area contributed by atoms with Gasteiger partial charge < -0.3 is 4.90 Å². The SMILES string of the molecule is Cc1cc(C(F)(F)F)n2nc([C@@H]3CCCCN3C(=O)c3cccnc3)cc2n1. The number of aryl methyl sites for hydroxylation is 1. The molecule has 0 radical (unpaired) electrons. The number of hydrogen-bond donors (Lipinski definition) is 0. The topological polar surface area (TPSA) is 63.4 Å². The molecule has 1 aliphatic rings. The Bertz CT molecular complexity index is 1020. The molecule has 6 nitrogen and oxygen atoms in total. The van der Waals surface area contributed by atoms with Crippen molar-refractivity contribution < 1.29 is 18.0 Å². The van der Waals surface area contributed by atoms with E-state index in [1.54, 1.807) is 29.3 Å². The lowest BCUT2D eigenvalue weighted by Crippen LogP contribution is -2.38. The highest BCUT2D eigenvalue weighted by Gasteiger charge is 2.36. The molecule has 3 aromatic rings. The van der Waals surface area contributed by atoms with Crippen LogP contribution in [0.3, 0.4) is 0 Å². The highest BCUT2D eigenvalue weighted by atomic mass is 19.4. The van der Waals surface area contributed by atoms with Crippen molar-refractivity contribution in [3.63, 3.8) is 0 Å². The number of carbonyl (C=O) groups is 1. The third kappa shape index (κ3) is 3.32. The van der Waals surface area contributed by atoms with Gasteiger partial charge in [0.15, 0.2) is 5.65 Å². The average Bonchev–Trinajstić information content (AvgIpc) is 3.10. The fourth-order valence-electron chi connectivity index (χ4n) is 3.62. The number of nitrogens with zero attached hydrogens (tertiary/aromatic N) is 5. The van der Waals surface area contributed by atoms with E-state index in [-0.39, 0.29) is 17.2 Å². The van der Waals surface area contributed by atoms with Crippen molar-refractivity contribution in [2.24, 2.45) is 0 Å². The molecule has 1 atom stereocenters. The Balaban J connectivity index is 1.76. The van der Waals surface area contributed by atoms with Crippen molar-refractivity contribution in [1.82, 2.24) is 24.5 Å². The molecule has 4 heterocycles. The fraction of sp³-hybridized carbons (Fsp3) is 0.368. The summed E-state index contributed by atoms with van der Waals surface area (Å²) in [7, 11) is 0. The molecule has 1 saturated heterocycles. The minimum Gasteiger partial charge on any atom is -0.330 e. The van der Waals surface area contributed by atoms with Gasteiger partial charge in [0.2, 0.25) is 0 Å². The number of halogens is 3. The number of piperidine rings is 1. The molecule has 0 bridgehead atoms. The summed E-state index contributed by atoms with van der Waals surface area (Å²) in [6.07, 6.45) is 0.863. The zero-order valence-electron chi connectivity index (χ0n) is 15.1. The lowest BCUT2D eigenvalue weighted by atomic mass is 9.98. The quantitative estimate of drug-likeness (QED) is 0.669. The Labute approximate surface area is 159 Å². The first-order chi connectivity index (χ1) is 13.3. The van der Waals surface area contributed by atoms with Gasteiger partial charge in [-0.2, -0.15) is 18.3 Å². The molecule has 0 aliphatic carbocycles. The fourth-order valence-corrected chi connectivity index (χ4v) is 3.62. The lowest BCUT2D eigenvalue weighted by molar-refractivity contribution is -0.142. The Morgan fingerprint density at radius 3 is 2.79 bits per heavy atom. The van der Waals surface area contributed by atoms with Crippen LogP contribution >= 0.6 is 0 Å². The van der Waals surface area contributed by atoms with Crippen LogP contribution in [0.15, 0.2) is 36.7 Å². The Morgan fingerprint density at radius 2 is 2.07 bits per heavy atom. The van der Waals surface area contributed by atoms with Crippen molar-refractivity contribution in [2.75, 3.05) is 6.54 Å². The molecule has 1 amide bonds. The second-order valence-corrected chi connectivity index (χ2v) is 6.87. The van der Waals surface area contributed by atoms with Crippen LogP contribution in [0.5, 0.6) is 0 Å².